The Morgan fingerprint density at radius 2 is 2.00 bits per heavy atom. The first-order valence-corrected chi connectivity index (χ1v) is 10.4. The molecule has 1 aromatic heterocycles. The van der Waals surface area contributed by atoms with Crippen molar-refractivity contribution in [3.05, 3.63) is 17.2 Å². The van der Waals surface area contributed by atoms with Gasteiger partial charge in [-0.15, -0.1) is 0 Å². The molecule has 1 unspecified atom stereocenters. The Bertz CT molecular complexity index is 658. The van der Waals surface area contributed by atoms with Crippen molar-refractivity contribution in [3.63, 3.8) is 0 Å². The van der Waals surface area contributed by atoms with Crippen LogP contribution in [0.1, 0.15) is 79.2 Å². The van der Waals surface area contributed by atoms with Gasteiger partial charge in [0.15, 0.2) is 5.82 Å². The van der Waals surface area contributed by atoms with Crippen molar-refractivity contribution in [1.82, 2.24) is 19.8 Å². The molecule has 3 rings (SSSR count). The Kier molecular flexibility index (Phi) is 6.88. The van der Waals surface area contributed by atoms with E-state index in [0.717, 1.165) is 76.9 Å². The van der Waals surface area contributed by atoms with Gasteiger partial charge < -0.3 is 19.5 Å². The molecule has 2 aliphatic heterocycles. The number of carbonyl (C=O) groups excluding carboxylic acids is 2. The monoisotopic (exact) mass is 376 g/mol. The first kappa shape index (κ1) is 19.9. The van der Waals surface area contributed by atoms with Gasteiger partial charge in [0.1, 0.15) is 5.69 Å². The molecule has 2 aliphatic rings. The van der Waals surface area contributed by atoms with Crippen molar-refractivity contribution in [2.45, 2.75) is 71.4 Å². The number of carbonyl (C=O) groups is 2. The fourth-order valence-electron chi connectivity index (χ4n) is 3.98. The second-order valence-corrected chi connectivity index (χ2v) is 7.48. The molecule has 2 amide bonds. The average Bonchev–Trinajstić information content (AvgIpc) is 3.33. The van der Waals surface area contributed by atoms with Crippen LogP contribution in [0, 0.1) is 0 Å². The van der Waals surface area contributed by atoms with E-state index in [1.165, 1.54) is 0 Å². The fraction of sp³-hybridized carbons (Fsp3) is 0.750. The minimum Gasteiger partial charge on any atom is -0.376 e. The van der Waals surface area contributed by atoms with Crippen LogP contribution in [0.3, 0.4) is 0 Å². The molecule has 1 atom stereocenters. The standard InChI is InChI=1S/C20H32N4O3/c1-3-10-23(11-4-2)20(26)18-22-17(16-9-5-6-12-24(16)18)19(25)21-14-15-8-7-13-27-15/h15H,3-14H2,1-2H3,(H,21,25). The lowest BCUT2D eigenvalue weighted by molar-refractivity contribution is 0.0737. The molecule has 0 aliphatic carbocycles. The van der Waals surface area contributed by atoms with Gasteiger partial charge in [-0.2, -0.15) is 0 Å². The Morgan fingerprint density at radius 3 is 2.67 bits per heavy atom. The zero-order valence-electron chi connectivity index (χ0n) is 16.6. The molecular weight excluding hydrogens is 344 g/mol. The zero-order chi connectivity index (χ0) is 19.2. The van der Waals surface area contributed by atoms with Crippen molar-refractivity contribution in [3.8, 4) is 0 Å². The lowest BCUT2D eigenvalue weighted by atomic mass is 10.1. The number of nitrogens with one attached hydrogen (secondary N) is 1. The third kappa shape index (κ3) is 4.51. The number of hydrogen-bond acceptors (Lipinski definition) is 4. The van der Waals surface area contributed by atoms with E-state index < -0.39 is 0 Å². The molecule has 0 saturated carbocycles. The zero-order valence-corrected chi connectivity index (χ0v) is 16.6. The molecule has 0 radical (unpaired) electrons. The van der Waals surface area contributed by atoms with Gasteiger partial charge in [-0.3, -0.25) is 9.59 Å². The minimum absolute atomic E-state index is 0.0555. The summed E-state index contributed by atoms with van der Waals surface area (Å²) in [5.41, 5.74) is 1.33. The first-order chi connectivity index (χ1) is 13.2. The van der Waals surface area contributed by atoms with Gasteiger partial charge in [0.25, 0.3) is 11.8 Å². The molecule has 1 N–H and O–H groups in total. The highest BCUT2D eigenvalue weighted by Gasteiger charge is 2.29. The number of imidazole rings is 1. The van der Waals surface area contributed by atoms with Crippen LogP contribution in [0.2, 0.25) is 0 Å². The van der Waals surface area contributed by atoms with Crippen molar-refractivity contribution in [1.29, 1.82) is 0 Å². The van der Waals surface area contributed by atoms with Crippen LogP contribution in [0.5, 0.6) is 0 Å². The summed E-state index contributed by atoms with van der Waals surface area (Å²) in [6, 6.07) is 0. The summed E-state index contributed by atoms with van der Waals surface area (Å²) in [6.45, 7) is 7.61. The molecule has 0 bridgehead atoms. The van der Waals surface area contributed by atoms with Crippen LogP contribution in [-0.4, -0.2) is 58.6 Å². The minimum atomic E-state index is -0.187. The van der Waals surface area contributed by atoms with Gasteiger partial charge >= 0.3 is 0 Å². The molecule has 7 heteroatoms. The smallest absolute Gasteiger partial charge is 0.289 e. The molecule has 1 fully saturated rings. The van der Waals surface area contributed by atoms with Crippen LogP contribution in [0.4, 0.5) is 0 Å². The maximum absolute atomic E-state index is 13.1. The molecule has 0 spiro atoms. The summed E-state index contributed by atoms with van der Waals surface area (Å²) in [5.74, 6) is 0.182. The van der Waals surface area contributed by atoms with E-state index >= 15 is 0 Å². The van der Waals surface area contributed by atoms with Crippen LogP contribution < -0.4 is 5.32 Å². The number of rotatable bonds is 8. The maximum atomic E-state index is 13.1. The van der Waals surface area contributed by atoms with Crippen LogP contribution in [0.25, 0.3) is 0 Å². The van der Waals surface area contributed by atoms with E-state index in [1.807, 2.05) is 9.47 Å². The van der Waals surface area contributed by atoms with Crippen LogP contribution >= 0.6 is 0 Å². The summed E-state index contributed by atoms with van der Waals surface area (Å²) in [6.07, 6.45) is 6.78. The summed E-state index contributed by atoms with van der Waals surface area (Å²) < 4.78 is 7.56. The van der Waals surface area contributed by atoms with Gasteiger partial charge in [-0.1, -0.05) is 13.8 Å². The van der Waals surface area contributed by atoms with E-state index in [2.05, 4.69) is 24.1 Å². The highest BCUT2D eigenvalue weighted by molar-refractivity contribution is 5.97. The number of ether oxygens (including phenoxy) is 1. The maximum Gasteiger partial charge on any atom is 0.289 e. The summed E-state index contributed by atoms with van der Waals surface area (Å²) >= 11 is 0. The summed E-state index contributed by atoms with van der Waals surface area (Å²) in [4.78, 5) is 32.3. The average molecular weight is 377 g/mol. The number of aromatic nitrogens is 2. The number of amides is 2. The largest absolute Gasteiger partial charge is 0.376 e. The first-order valence-electron chi connectivity index (χ1n) is 10.4. The summed E-state index contributed by atoms with van der Waals surface area (Å²) in [7, 11) is 0. The third-order valence-corrected chi connectivity index (χ3v) is 5.31. The van der Waals surface area contributed by atoms with Crippen molar-refractivity contribution in [2.24, 2.45) is 0 Å². The second kappa shape index (κ2) is 9.35. The third-order valence-electron chi connectivity index (χ3n) is 5.31. The molecule has 1 aromatic rings. The highest BCUT2D eigenvalue weighted by Crippen LogP contribution is 2.22. The lowest BCUT2D eigenvalue weighted by Gasteiger charge is -2.23. The predicted octanol–water partition coefficient (Wildman–Crippen LogP) is 2.39. The number of fused-ring (bicyclic) bond motifs is 1. The Hall–Kier alpha value is -1.89. The van der Waals surface area contributed by atoms with Gasteiger partial charge in [-0.05, 0) is 44.9 Å². The Balaban J connectivity index is 1.80. The van der Waals surface area contributed by atoms with Gasteiger partial charge in [0.05, 0.1) is 11.8 Å². The van der Waals surface area contributed by atoms with Gasteiger partial charge in [-0.25, -0.2) is 4.98 Å². The van der Waals surface area contributed by atoms with Crippen LogP contribution in [0.15, 0.2) is 0 Å². The fourth-order valence-corrected chi connectivity index (χ4v) is 3.98. The molecular formula is C20H32N4O3. The van der Waals surface area contributed by atoms with E-state index in [0.29, 0.717) is 18.1 Å². The summed E-state index contributed by atoms with van der Waals surface area (Å²) in [5, 5.41) is 2.96. The Morgan fingerprint density at radius 1 is 1.22 bits per heavy atom. The second-order valence-electron chi connectivity index (χ2n) is 7.48. The molecule has 150 valence electrons. The molecule has 7 nitrogen and oxygen atoms in total. The van der Waals surface area contributed by atoms with Crippen LogP contribution in [-0.2, 0) is 17.7 Å². The number of nitrogens with zero attached hydrogens (tertiary/aromatic N) is 3. The van der Waals surface area contributed by atoms with Crippen molar-refractivity contribution in [2.75, 3.05) is 26.2 Å². The normalized spacial score (nSPS) is 19.0. The molecule has 0 aromatic carbocycles. The van der Waals surface area contributed by atoms with Crippen molar-refractivity contribution < 1.29 is 14.3 Å². The van der Waals surface area contributed by atoms with Gasteiger partial charge in [0, 0.05) is 32.8 Å². The van der Waals surface area contributed by atoms with E-state index in [4.69, 9.17) is 4.74 Å². The number of hydrogen-bond donors (Lipinski definition) is 1. The molecule has 27 heavy (non-hydrogen) atoms. The van der Waals surface area contributed by atoms with E-state index in [1.54, 1.807) is 0 Å². The SMILES string of the molecule is CCCN(CCC)C(=O)c1nc(C(=O)NCC2CCCO2)c2n1CCCC2. The quantitative estimate of drug-likeness (QED) is 0.756. The highest BCUT2D eigenvalue weighted by atomic mass is 16.5. The lowest BCUT2D eigenvalue weighted by Crippen LogP contribution is -2.35. The molecule has 3 heterocycles. The van der Waals surface area contributed by atoms with Gasteiger partial charge in [0.2, 0.25) is 0 Å². The predicted molar refractivity (Wildman–Crippen MR) is 103 cm³/mol. The Labute approximate surface area is 161 Å². The van der Waals surface area contributed by atoms with Crippen molar-refractivity contribution >= 4 is 11.8 Å². The topological polar surface area (TPSA) is 76.5 Å². The van der Waals surface area contributed by atoms with E-state index in [9.17, 15) is 9.59 Å². The van der Waals surface area contributed by atoms with E-state index in [-0.39, 0.29) is 17.9 Å². The molecule has 1 saturated heterocycles.